The molecule has 0 aromatic rings. The number of nitrogens with zero attached hydrogens (tertiary/aromatic N) is 1. The third kappa shape index (κ3) is 5.05. The highest BCUT2D eigenvalue weighted by molar-refractivity contribution is 5.76. The molecule has 1 atom stereocenters. The van der Waals surface area contributed by atoms with E-state index < -0.39 is 0 Å². The molecule has 0 bridgehead atoms. The van der Waals surface area contributed by atoms with Crippen LogP contribution in [0.5, 0.6) is 0 Å². The van der Waals surface area contributed by atoms with Crippen LogP contribution in [0.15, 0.2) is 17.3 Å². The molecule has 0 aromatic heterocycles. The average Bonchev–Trinajstić information content (AvgIpc) is 2.21. The highest BCUT2D eigenvalue weighted by Gasteiger charge is 2.09. The Labute approximate surface area is 88.1 Å². The van der Waals surface area contributed by atoms with E-state index in [2.05, 4.69) is 25.4 Å². The summed E-state index contributed by atoms with van der Waals surface area (Å²) in [5.74, 6) is 2.05. The highest BCUT2D eigenvalue weighted by Crippen LogP contribution is 2.17. The van der Waals surface area contributed by atoms with Crippen molar-refractivity contribution < 1.29 is 4.74 Å². The Balaban J connectivity index is 3.94. The summed E-state index contributed by atoms with van der Waals surface area (Å²) < 4.78 is 5.56. The van der Waals surface area contributed by atoms with E-state index in [0.717, 1.165) is 24.5 Å². The maximum Gasteiger partial charge on any atom is 0.189 e. The number of ether oxygens (including phenoxy) is 1. The van der Waals surface area contributed by atoms with Crippen LogP contribution < -0.4 is 0 Å². The van der Waals surface area contributed by atoms with Crippen LogP contribution in [0.3, 0.4) is 0 Å². The SMILES string of the molecule is C=C(OC(CC)=NC)C(C)CCCC. The van der Waals surface area contributed by atoms with Gasteiger partial charge in [0.2, 0.25) is 0 Å². The van der Waals surface area contributed by atoms with E-state index in [-0.39, 0.29) is 0 Å². The van der Waals surface area contributed by atoms with Crippen molar-refractivity contribution in [2.24, 2.45) is 10.9 Å². The van der Waals surface area contributed by atoms with Crippen molar-refractivity contribution in [3.8, 4) is 0 Å². The molecule has 0 aliphatic carbocycles. The number of unbranched alkanes of at least 4 members (excludes halogenated alkanes) is 1. The lowest BCUT2D eigenvalue weighted by atomic mass is 10.0. The minimum atomic E-state index is 0.429. The third-order valence-corrected chi connectivity index (χ3v) is 2.34. The number of aliphatic imine (C=N–C) groups is 1. The van der Waals surface area contributed by atoms with E-state index in [0.29, 0.717) is 5.92 Å². The number of hydrogen-bond acceptors (Lipinski definition) is 2. The first kappa shape index (κ1) is 13.2. The lowest BCUT2D eigenvalue weighted by Crippen LogP contribution is -2.08. The first-order valence-corrected chi connectivity index (χ1v) is 5.47. The summed E-state index contributed by atoms with van der Waals surface area (Å²) in [6.45, 7) is 10.3. The van der Waals surface area contributed by atoms with Gasteiger partial charge in [-0.25, -0.2) is 0 Å². The maximum absolute atomic E-state index is 5.56. The molecule has 0 rings (SSSR count). The quantitative estimate of drug-likeness (QED) is 0.361. The van der Waals surface area contributed by atoms with Gasteiger partial charge in [0.1, 0.15) is 5.76 Å². The Morgan fingerprint density at radius 3 is 2.50 bits per heavy atom. The minimum Gasteiger partial charge on any atom is -0.448 e. The van der Waals surface area contributed by atoms with Crippen LogP contribution in [0.25, 0.3) is 0 Å². The summed E-state index contributed by atoms with van der Waals surface area (Å²) in [7, 11) is 1.75. The molecule has 0 radical (unpaired) electrons. The Morgan fingerprint density at radius 2 is 2.07 bits per heavy atom. The zero-order chi connectivity index (χ0) is 11.0. The number of hydrogen-bond donors (Lipinski definition) is 0. The van der Waals surface area contributed by atoms with Gasteiger partial charge in [-0.1, -0.05) is 40.2 Å². The van der Waals surface area contributed by atoms with Gasteiger partial charge >= 0.3 is 0 Å². The predicted molar refractivity (Wildman–Crippen MR) is 62.6 cm³/mol. The molecule has 0 amide bonds. The third-order valence-electron chi connectivity index (χ3n) is 2.34. The van der Waals surface area contributed by atoms with Crippen LogP contribution in [0.1, 0.15) is 46.5 Å². The molecular weight excluding hydrogens is 174 g/mol. The summed E-state index contributed by atoms with van der Waals surface area (Å²) in [6.07, 6.45) is 4.43. The zero-order valence-corrected chi connectivity index (χ0v) is 9.97. The summed E-state index contributed by atoms with van der Waals surface area (Å²) in [6, 6.07) is 0. The van der Waals surface area contributed by atoms with Crippen molar-refractivity contribution in [1.29, 1.82) is 0 Å². The van der Waals surface area contributed by atoms with Crippen LogP contribution in [0, 0.1) is 5.92 Å². The van der Waals surface area contributed by atoms with Crippen molar-refractivity contribution in [3.63, 3.8) is 0 Å². The van der Waals surface area contributed by atoms with E-state index in [1.54, 1.807) is 7.05 Å². The summed E-state index contributed by atoms with van der Waals surface area (Å²) >= 11 is 0. The molecule has 82 valence electrons. The molecule has 0 heterocycles. The molecule has 0 saturated carbocycles. The Hall–Kier alpha value is -0.790. The van der Waals surface area contributed by atoms with E-state index in [1.165, 1.54) is 12.8 Å². The fraction of sp³-hybridized carbons (Fsp3) is 0.750. The van der Waals surface area contributed by atoms with Gasteiger partial charge in [-0.05, 0) is 6.42 Å². The standard InChI is InChI=1S/C12H23NO/c1-6-8-9-10(3)11(4)14-12(7-2)13-5/h10H,4,6-9H2,1-3,5H3. The van der Waals surface area contributed by atoms with E-state index in [1.807, 2.05) is 6.92 Å². The minimum absolute atomic E-state index is 0.429. The first-order valence-electron chi connectivity index (χ1n) is 5.47. The van der Waals surface area contributed by atoms with Crippen LogP contribution in [-0.2, 0) is 4.74 Å². The second-order valence-electron chi connectivity index (χ2n) is 3.58. The van der Waals surface area contributed by atoms with E-state index in [4.69, 9.17) is 4.74 Å². The molecule has 0 N–H and O–H groups in total. The van der Waals surface area contributed by atoms with Crippen LogP contribution >= 0.6 is 0 Å². The molecule has 0 spiro atoms. The second kappa shape index (κ2) is 7.60. The van der Waals surface area contributed by atoms with Gasteiger partial charge < -0.3 is 4.74 Å². The van der Waals surface area contributed by atoms with E-state index in [9.17, 15) is 0 Å². The van der Waals surface area contributed by atoms with Gasteiger partial charge in [0.15, 0.2) is 5.90 Å². The Kier molecular flexibility index (Phi) is 7.17. The maximum atomic E-state index is 5.56. The van der Waals surface area contributed by atoms with E-state index >= 15 is 0 Å². The summed E-state index contributed by atoms with van der Waals surface area (Å²) in [4.78, 5) is 4.04. The van der Waals surface area contributed by atoms with Crippen molar-refractivity contribution in [1.82, 2.24) is 0 Å². The fourth-order valence-electron chi connectivity index (χ4n) is 1.20. The summed E-state index contributed by atoms with van der Waals surface area (Å²) in [5, 5.41) is 0. The first-order chi connectivity index (χ1) is 6.65. The molecule has 14 heavy (non-hydrogen) atoms. The zero-order valence-electron chi connectivity index (χ0n) is 9.97. The molecule has 1 unspecified atom stereocenters. The fourth-order valence-corrected chi connectivity index (χ4v) is 1.20. The average molecular weight is 197 g/mol. The lowest BCUT2D eigenvalue weighted by Gasteiger charge is -2.15. The molecule has 0 aromatic carbocycles. The van der Waals surface area contributed by atoms with Gasteiger partial charge in [-0.15, -0.1) is 0 Å². The molecule has 0 aliphatic heterocycles. The molecule has 2 heteroatoms. The van der Waals surface area contributed by atoms with Crippen molar-refractivity contribution in [2.75, 3.05) is 7.05 Å². The van der Waals surface area contributed by atoms with Crippen LogP contribution in [-0.4, -0.2) is 12.9 Å². The van der Waals surface area contributed by atoms with Crippen molar-refractivity contribution >= 4 is 5.90 Å². The molecule has 0 saturated heterocycles. The Morgan fingerprint density at radius 1 is 1.43 bits per heavy atom. The van der Waals surface area contributed by atoms with Gasteiger partial charge in [-0.2, -0.15) is 0 Å². The highest BCUT2D eigenvalue weighted by atomic mass is 16.5. The van der Waals surface area contributed by atoms with Crippen molar-refractivity contribution in [2.45, 2.75) is 46.5 Å². The predicted octanol–water partition coefficient (Wildman–Crippen LogP) is 3.78. The molecular formula is C12H23NO. The molecule has 0 aliphatic rings. The summed E-state index contributed by atoms with van der Waals surface area (Å²) in [5.41, 5.74) is 0. The molecule has 0 fully saturated rings. The van der Waals surface area contributed by atoms with Gasteiger partial charge in [0.25, 0.3) is 0 Å². The van der Waals surface area contributed by atoms with Gasteiger partial charge in [-0.3, -0.25) is 4.99 Å². The molecule has 2 nitrogen and oxygen atoms in total. The smallest absolute Gasteiger partial charge is 0.189 e. The van der Waals surface area contributed by atoms with Crippen molar-refractivity contribution in [3.05, 3.63) is 12.3 Å². The number of rotatable bonds is 6. The van der Waals surface area contributed by atoms with Crippen LogP contribution in [0.4, 0.5) is 0 Å². The lowest BCUT2D eigenvalue weighted by molar-refractivity contribution is 0.329. The topological polar surface area (TPSA) is 21.6 Å². The number of allylic oxidation sites excluding steroid dienone is 1. The normalized spacial score (nSPS) is 13.9. The monoisotopic (exact) mass is 197 g/mol. The largest absolute Gasteiger partial charge is 0.448 e. The van der Waals surface area contributed by atoms with Gasteiger partial charge in [0, 0.05) is 19.4 Å². The van der Waals surface area contributed by atoms with Crippen LogP contribution in [0.2, 0.25) is 0 Å². The second-order valence-corrected chi connectivity index (χ2v) is 3.58. The van der Waals surface area contributed by atoms with Gasteiger partial charge in [0.05, 0.1) is 0 Å². The Bertz CT molecular complexity index is 196.